The van der Waals surface area contributed by atoms with Gasteiger partial charge in [-0.1, -0.05) is 0 Å². The van der Waals surface area contributed by atoms with E-state index in [-0.39, 0.29) is 0 Å². The van der Waals surface area contributed by atoms with Gasteiger partial charge in [-0.3, -0.25) is 0 Å². The molecule has 0 fully saturated rings. The average molecular weight is 235 g/mol. The number of hydrogen-bond acceptors (Lipinski definition) is 5. The molecule has 0 aliphatic heterocycles. The van der Waals surface area contributed by atoms with E-state index < -0.39 is 0 Å². The van der Waals surface area contributed by atoms with Crippen LogP contribution in [0.25, 0.3) is 0 Å². The van der Waals surface area contributed by atoms with E-state index in [1.54, 1.807) is 24.2 Å². The van der Waals surface area contributed by atoms with Crippen molar-refractivity contribution in [3.8, 4) is 0 Å². The first-order chi connectivity index (χ1) is 7.88. The van der Waals surface area contributed by atoms with Crippen molar-refractivity contribution in [2.75, 3.05) is 5.43 Å². The summed E-state index contributed by atoms with van der Waals surface area (Å²) in [6.07, 6.45) is 3.44. The van der Waals surface area contributed by atoms with Crippen LogP contribution in [0, 0.1) is 0 Å². The summed E-state index contributed by atoms with van der Waals surface area (Å²) < 4.78 is 5.25. The quantitative estimate of drug-likeness (QED) is 0.615. The van der Waals surface area contributed by atoms with Crippen molar-refractivity contribution in [2.24, 2.45) is 5.84 Å². The largest absolute Gasteiger partial charge is 0.468 e. The van der Waals surface area contributed by atoms with Crippen LogP contribution in [0.4, 0.5) is 5.82 Å². The maximum absolute atomic E-state index is 5.29. The highest BCUT2D eigenvalue weighted by Gasteiger charge is 1.99. The van der Waals surface area contributed by atoms with E-state index >= 15 is 0 Å². The molecule has 0 spiro atoms. The van der Waals surface area contributed by atoms with Crippen molar-refractivity contribution in [1.29, 1.82) is 0 Å². The Kier molecular flexibility index (Phi) is 3.85. The zero-order chi connectivity index (χ0) is 11.2. The molecule has 84 valence electrons. The number of hydrogen-bond donors (Lipinski definition) is 2. The van der Waals surface area contributed by atoms with E-state index in [4.69, 9.17) is 10.3 Å². The van der Waals surface area contributed by atoms with Crippen LogP contribution in [0.2, 0.25) is 0 Å². The highest BCUT2D eigenvalue weighted by atomic mass is 32.2. The van der Waals surface area contributed by atoms with Crippen molar-refractivity contribution < 1.29 is 4.42 Å². The zero-order valence-corrected chi connectivity index (χ0v) is 9.54. The van der Waals surface area contributed by atoms with Crippen molar-refractivity contribution in [2.45, 2.75) is 11.5 Å². The van der Waals surface area contributed by atoms with Crippen LogP contribution in [0.15, 0.2) is 41.1 Å². The van der Waals surface area contributed by atoms with Crippen molar-refractivity contribution in [3.63, 3.8) is 0 Å². The standard InChI is InChI=1S/C11H13N3OS/c12-14-11-6-9(3-4-13-11)7-16-8-10-2-1-5-15-10/h1-6H,7-8,12H2,(H,13,14). The summed E-state index contributed by atoms with van der Waals surface area (Å²) in [5.74, 6) is 8.77. The minimum Gasteiger partial charge on any atom is -0.468 e. The molecule has 0 aliphatic carbocycles. The lowest BCUT2D eigenvalue weighted by Gasteiger charge is -2.03. The smallest absolute Gasteiger partial charge is 0.140 e. The third-order valence-corrected chi connectivity index (χ3v) is 3.09. The minimum absolute atomic E-state index is 0.691. The lowest BCUT2D eigenvalue weighted by atomic mass is 10.3. The summed E-state index contributed by atoms with van der Waals surface area (Å²) in [7, 11) is 0. The van der Waals surface area contributed by atoms with E-state index in [9.17, 15) is 0 Å². The normalized spacial score (nSPS) is 10.3. The van der Waals surface area contributed by atoms with Gasteiger partial charge in [0.1, 0.15) is 11.6 Å². The number of pyridine rings is 1. The highest BCUT2D eigenvalue weighted by molar-refractivity contribution is 7.97. The lowest BCUT2D eigenvalue weighted by molar-refractivity contribution is 0.530. The molecule has 0 unspecified atom stereocenters. The van der Waals surface area contributed by atoms with Gasteiger partial charge in [0.25, 0.3) is 0 Å². The number of nitrogens with one attached hydrogen (secondary N) is 1. The van der Waals surface area contributed by atoms with Gasteiger partial charge in [0, 0.05) is 11.9 Å². The number of nitrogen functional groups attached to an aromatic ring is 1. The molecule has 3 N–H and O–H groups in total. The molecule has 0 aromatic carbocycles. The van der Waals surface area contributed by atoms with Crippen LogP contribution >= 0.6 is 11.8 Å². The first-order valence-corrected chi connectivity index (χ1v) is 6.05. The number of nitrogens with zero attached hydrogens (tertiary/aromatic N) is 1. The predicted octanol–water partition coefficient (Wildman–Crippen LogP) is 2.39. The number of aromatic nitrogens is 1. The monoisotopic (exact) mass is 235 g/mol. The Hall–Kier alpha value is -1.46. The molecule has 0 amide bonds. The van der Waals surface area contributed by atoms with E-state index in [2.05, 4.69) is 10.4 Å². The van der Waals surface area contributed by atoms with Crippen LogP contribution in [0.1, 0.15) is 11.3 Å². The van der Waals surface area contributed by atoms with Gasteiger partial charge in [-0.05, 0) is 29.8 Å². The summed E-state index contributed by atoms with van der Waals surface area (Å²) in [5.41, 5.74) is 3.73. The summed E-state index contributed by atoms with van der Waals surface area (Å²) in [6, 6.07) is 7.80. The number of rotatable bonds is 5. The summed E-state index contributed by atoms with van der Waals surface area (Å²) >= 11 is 1.79. The fraction of sp³-hybridized carbons (Fsp3) is 0.182. The van der Waals surface area contributed by atoms with E-state index in [1.165, 1.54) is 5.56 Å². The third-order valence-electron chi connectivity index (χ3n) is 2.07. The Morgan fingerprint density at radius 2 is 2.31 bits per heavy atom. The van der Waals surface area contributed by atoms with E-state index in [0.29, 0.717) is 5.82 Å². The van der Waals surface area contributed by atoms with Gasteiger partial charge in [0.05, 0.1) is 12.0 Å². The zero-order valence-electron chi connectivity index (χ0n) is 8.72. The topological polar surface area (TPSA) is 64.1 Å². The molecule has 0 radical (unpaired) electrons. The second-order valence-electron chi connectivity index (χ2n) is 3.27. The summed E-state index contributed by atoms with van der Waals surface area (Å²) in [6.45, 7) is 0. The second-order valence-corrected chi connectivity index (χ2v) is 4.25. The van der Waals surface area contributed by atoms with E-state index in [1.807, 2.05) is 24.3 Å². The van der Waals surface area contributed by atoms with Crippen molar-refractivity contribution in [3.05, 3.63) is 48.0 Å². The Morgan fingerprint density at radius 1 is 1.38 bits per heavy atom. The Bertz CT molecular complexity index is 431. The maximum atomic E-state index is 5.29. The molecule has 2 rings (SSSR count). The molecule has 2 aromatic rings. The van der Waals surface area contributed by atoms with Gasteiger partial charge < -0.3 is 9.84 Å². The molecule has 0 saturated heterocycles. The fourth-order valence-electron chi connectivity index (χ4n) is 1.31. The first kappa shape index (κ1) is 11.0. The predicted molar refractivity (Wildman–Crippen MR) is 65.8 cm³/mol. The molecule has 16 heavy (non-hydrogen) atoms. The SMILES string of the molecule is NNc1cc(CSCc2ccco2)ccn1. The van der Waals surface area contributed by atoms with E-state index in [0.717, 1.165) is 17.3 Å². The Balaban J connectivity index is 1.85. The molecule has 5 heteroatoms. The fourth-order valence-corrected chi connectivity index (χ4v) is 2.19. The Morgan fingerprint density at radius 3 is 3.06 bits per heavy atom. The van der Waals surface area contributed by atoms with Crippen molar-refractivity contribution in [1.82, 2.24) is 4.98 Å². The van der Waals surface area contributed by atoms with Gasteiger partial charge in [-0.2, -0.15) is 0 Å². The molecule has 0 bridgehead atoms. The summed E-state index contributed by atoms with van der Waals surface area (Å²) in [5, 5.41) is 0. The molecular weight excluding hydrogens is 222 g/mol. The van der Waals surface area contributed by atoms with Crippen LogP contribution in [-0.2, 0) is 11.5 Å². The maximum Gasteiger partial charge on any atom is 0.140 e. The number of nitrogens with two attached hydrogens (primary N) is 1. The van der Waals surface area contributed by atoms with Gasteiger partial charge in [0.2, 0.25) is 0 Å². The number of thioether (sulfide) groups is 1. The first-order valence-electron chi connectivity index (χ1n) is 4.90. The molecule has 2 aromatic heterocycles. The van der Waals surface area contributed by atoms with Gasteiger partial charge in [-0.25, -0.2) is 10.8 Å². The molecule has 0 aliphatic rings. The highest BCUT2D eigenvalue weighted by Crippen LogP contribution is 2.18. The van der Waals surface area contributed by atoms with Crippen LogP contribution in [-0.4, -0.2) is 4.98 Å². The van der Waals surface area contributed by atoms with Gasteiger partial charge >= 0.3 is 0 Å². The Labute approximate surface area is 98.2 Å². The van der Waals surface area contributed by atoms with Crippen LogP contribution in [0.5, 0.6) is 0 Å². The molecule has 4 nitrogen and oxygen atoms in total. The molecular formula is C11H13N3OS. The number of furan rings is 1. The third kappa shape index (κ3) is 3.01. The lowest BCUT2D eigenvalue weighted by Crippen LogP contribution is -2.08. The minimum atomic E-state index is 0.691. The average Bonchev–Trinajstić information content (AvgIpc) is 2.82. The number of anilines is 1. The second kappa shape index (κ2) is 5.58. The van der Waals surface area contributed by atoms with Gasteiger partial charge in [-0.15, -0.1) is 11.8 Å². The van der Waals surface area contributed by atoms with Crippen molar-refractivity contribution >= 4 is 17.6 Å². The summed E-state index contributed by atoms with van der Waals surface area (Å²) in [4.78, 5) is 4.05. The molecule has 0 saturated carbocycles. The molecule has 0 atom stereocenters. The van der Waals surface area contributed by atoms with Crippen LogP contribution in [0.3, 0.4) is 0 Å². The van der Waals surface area contributed by atoms with Gasteiger partial charge in [0.15, 0.2) is 0 Å². The molecule has 2 heterocycles. The number of hydrazine groups is 1. The van der Waals surface area contributed by atoms with Crippen LogP contribution < -0.4 is 11.3 Å².